The first kappa shape index (κ1) is 19.2. The number of fused-ring (bicyclic) bond motifs is 1. The number of benzene rings is 1. The van der Waals surface area contributed by atoms with E-state index in [1.807, 2.05) is 4.90 Å². The Balaban J connectivity index is 1.86. The fourth-order valence-electron chi connectivity index (χ4n) is 4.09. The van der Waals surface area contributed by atoms with Crippen LogP contribution in [0.5, 0.6) is 0 Å². The topological polar surface area (TPSA) is 74.6 Å². The molecule has 28 heavy (non-hydrogen) atoms. The lowest BCUT2D eigenvalue weighted by atomic mass is 10.1. The molecule has 1 atom stereocenters. The van der Waals surface area contributed by atoms with Gasteiger partial charge in [0.2, 0.25) is 5.43 Å². The van der Waals surface area contributed by atoms with Crippen molar-refractivity contribution in [2.75, 3.05) is 18.0 Å². The second-order valence-corrected chi connectivity index (χ2v) is 8.36. The fraction of sp³-hybridized carbons (Fsp3) is 0.500. The summed E-state index contributed by atoms with van der Waals surface area (Å²) in [5, 5.41) is 13.0. The van der Waals surface area contributed by atoms with E-state index >= 15 is 4.39 Å². The molecule has 1 saturated carbocycles. The highest BCUT2D eigenvalue weighted by molar-refractivity contribution is 6.38. The first-order valence-corrected chi connectivity index (χ1v) is 9.96. The number of nitrogens with one attached hydrogen (secondary N) is 1. The number of carboxylic acid groups (broad SMARTS) is 1. The monoisotopic (exact) mass is 407 g/mol. The third kappa shape index (κ3) is 3.26. The van der Waals surface area contributed by atoms with Gasteiger partial charge in [0, 0.05) is 37.4 Å². The number of carbonyl (C=O) groups is 1. The highest BCUT2D eigenvalue weighted by Gasteiger charge is 2.32. The minimum atomic E-state index is -1.32. The van der Waals surface area contributed by atoms with Gasteiger partial charge in [0.1, 0.15) is 11.4 Å². The Morgan fingerprint density at radius 3 is 2.68 bits per heavy atom. The zero-order valence-corrected chi connectivity index (χ0v) is 16.6. The Labute approximate surface area is 166 Å². The number of aromatic nitrogens is 1. The van der Waals surface area contributed by atoms with Gasteiger partial charge in [-0.1, -0.05) is 25.4 Å². The number of halogens is 2. The molecule has 2 fully saturated rings. The summed E-state index contributed by atoms with van der Waals surface area (Å²) in [6.45, 7) is 5.43. The van der Waals surface area contributed by atoms with Crippen LogP contribution >= 0.6 is 11.6 Å². The molecule has 6 nitrogen and oxygen atoms in total. The van der Waals surface area contributed by atoms with E-state index in [2.05, 4.69) is 19.2 Å². The molecule has 0 unspecified atom stereocenters. The molecular weight excluding hydrogens is 385 g/mol. The van der Waals surface area contributed by atoms with Crippen LogP contribution in [0.2, 0.25) is 5.02 Å². The van der Waals surface area contributed by atoms with Crippen LogP contribution in [0, 0.1) is 5.82 Å². The van der Waals surface area contributed by atoms with Crippen molar-refractivity contribution in [3.63, 3.8) is 0 Å². The minimum Gasteiger partial charge on any atom is -0.477 e. The van der Waals surface area contributed by atoms with Gasteiger partial charge in [-0.25, -0.2) is 9.18 Å². The van der Waals surface area contributed by atoms with E-state index in [1.54, 1.807) is 4.57 Å². The predicted molar refractivity (Wildman–Crippen MR) is 107 cm³/mol. The maximum Gasteiger partial charge on any atom is 0.341 e. The van der Waals surface area contributed by atoms with E-state index in [9.17, 15) is 14.7 Å². The molecule has 2 aromatic rings. The lowest BCUT2D eigenvalue weighted by molar-refractivity contribution is 0.0695. The third-order valence-electron chi connectivity index (χ3n) is 5.43. The van der Waals surface area contributed by atoms with Gasteiger partial charge in [0.15, 0.2) is 0 Å². The Kier molecular flexibility index (Phi) is 4.83. The normalized spacial score (nSPS) is 19.8. The maximum atomic E-state index is 15.0. The average molecular weight is 408 g/mol. The number of nitrogens with zero attached hydrogens (tertiary/aromatic N) is 2. The lowest BCUT2D eigenvalue weighted by Crippen LogP contribution is -2.37. The smallest absolute Gasteiger partial charge is 0.341 e. The molecule has 1 saturated heterocycles. The van der Waals surface area contributed by atoms with Gasteiger partial charge in [-0.15, -0.1) is 0 Å². The molecule has 150 valence electrons. The molecule has 2 heterocycles. The summed E-state index contributed by atoms with van der Waals surface area (Å²) in [5.41, 5.74) is -0.340. The van der Waals surface area contributed by atoms with Crippen LogP contribution in [0.1, 0.15) is 49.5 Å². The van der Waals surface area contributed by atoms with Gasteiger partial charge in [0.05, 0.1) is 21.6 Å². The predicted octanol–water partition coefficient (Wildman–Crippen LogP) is 3.40. The zero-order valence-electron chi connectivity index (χ0n) is 15.8. The molecule has 0 bridgehead atoms. The van der Waals surface area contributed by atoms with Crippen molar-refractivity contribution >= 4 is 34.2 Å². The molecule has 8 heteroatoms. The third-order valence-corrected chi connectivity index (χ3v) is 5.79. The van der Waals surface area contributed by atoms with Crippen LogP contribution in [-0.4, -0.2) is 40.8 Å². The maximum absolute atomic E-state index is 15.0. The van der Waals surface area contributed by atoms with Crippen LogP contribution in [0.25, 0.3) is 10.9 Å². The summed E-state index contributed by atoms with van der Waals surface area (Å²) in [4.78, 5) is 26.0. The van der Waals surface area contributed by atoms with Gasteiger partial charge >= 0.3 is 5.97 Å². The fourth-order valence-corrected chi connectivity index (χ4v) is 4.49. The highest BCUT2D eigenvalue weighted by Crippen LogP contribution is 2.42. The average Bonchev–Trinajstić information content (AvgIpc) is 3.36. The number of hydrogen-bond donors (Lipinski definition) is 2. The van der Waals surface area contributed by atoms with Gasteiger partial charge < -0.3 is 19.9 Å². The lowest BCUT2D eigenvalue weighted by Gasteiger charge is -2.24. The Bertz CT molecular complexity index is 1020. The summed E-state index contributed by atoms with van der Waals surface area (Å²) >= 11 is 6.65. The van der Waals surface area contributed by atoms with E-state index in [4.69, 9.17) is 11.6 Å². The van der Waals surface area contributed by atoms with Crippen molar-refractivity contribution in [1.29, 1.82) is 0 Å². The molecule has 0 amide bonds. The molecule has 1 aliphatic carbocycles. The summed E-state index contributed by atoms with van der Waals surface area (Å²) in [6.07, 6.45) is 3.99. The zero-order chi connectivity index (χ0) is 20.2. The SMILES string of the molecule is CC(C)N[C@H]1CCN(c2c(F)cc3c(=O)c(C(=O)O)cn(C4CC4)c3c2Cl)C1. The number of aromatic carboxylic acids is 1. The summed E-state index contributed by atoms with van der Waals surface area (Å²) in [6, 6.07) is 1.81. The van der Waals surface area contributed by atoms with Crippen LogP contribution in [0.4, 0.5) is 10.1 Å². The second-order valence-electron chi connectivity index (χ2n) is 7.99. The summed E-state index contributed by atoms with van der Waals surface area (Å²) < 4.78 is 16.8. The Morgan fingerprint density at radius 2 is 2.07 bits per heavy atom. The van der Waals surface area contributed by atoms with Crippen LogP contribution < -0.4 is 15.6 Å². The molecule has 0 spiro atoms. The van der Waals surface area contributed by atoms with Crippen molar-refractivity contribution in [1.82, 2.24) is 9.88 Å². The van der Waals surface area contributed by atoms with Gasteiger partial charge in [-0.2, -0.15) is 0 Å². The molecule has 1 aromatic heterocycles. The second kappa shape index (κ2) is 7.04. The van der Waals surface area contributed by atoms with Gasteiger partial charge in [-0.3, -0.25) is 4.79 Å². The largest absolute Gasteiger partial charge is 0.477 e. The van der Waals surface area contributed by atoms with Crippen molar-refractivity contribution < 1.29 is 14.3 Å². The molecule has 1 aromatic carbocycles. The first-order valence-electron chi connectivity index (χ1n) is 9.59. The van der Waals surface area contributed by atoms with Crippen molar-refractivity contribution in [2.45, 2.75) is 51.2 Å². The molecule has 1 aliphatic heterocycles. The first-order chi connectivity index (χ1) is 13.3. The number of rotatable bonds is 5. The molecule has 0 radical (unpaired) electrons. The number of pyridine rings is 1. The van der Waals surface area contributed by atoms with Crippen molar-refractivity contribution in [2.24, 2.45) is 0 Å². The van der Waals surface area contributed by atoms with Gasteiger partial charge in [-0.05, 0) is 25.3 Å². The summed E-state index contributed by atoms with van der Waals surface area (Å²) in [7, 11) is 0. The van der Waals surface area contributed by atoms with Crippen LogP contribution in [0.3, 0.4) is 0 Å². The Morgan fingerprint density at radius 1 is 1.36 bits per heavy atom. The van der Waals surface area contributed by atoms with E-state index in [0.29, 0.717) is 30.3 Å². The van der Waals surface area contributed by atoms with Crippen LogP contribution in [-0.2, 0) is 0 Å². The molecule has 2 aliphatic rings. The van der Waals surface area contributed by atoms with Gasteiger partial charge in [0.25, 0.3) is 0 Å². The van der Waals surface area contributed by atoms with Crippen molar-refractivity contribution in [3.05, 3.63) is 38.9 Å². The standard InChI is InChI=1S/C20H23ClFN3O3/c1-10(2)23-11-5-6-24(8-11)18-15(22)7-13-17(16(18)21)25(12-3-4-12)9-14(19(13)26)20(27)28/h7,9-12,23H,3-6,8H2,1-2H3,(H,27,28)/t11-/m0/s1. The van der Waals surface area contributed by atoms with E-state index in [1.165, 1.54) is 6.20 Å². The highest BCUT2D eigenvalue weighted by atomic mass is 35.5. The van der Waals surface area contributed by atoms with Crippen molar-refractivity contribution in [3.8, 4) is 0 Å². The number of anilines is 1. The minimum absolute atomic E-state index is 0.0223. The molecule has 2 N–H and O–H groups in total. The van der Waals surface area contributed by atoms with Crippen LogP contribution in [0.15, 0.2) is 17.1 Å². The summed E-state index contributed by atoms with van der Waals surface area (Å²) in [5.74, 6) is -1.91. The Hall–Kier alpha value is -2.12. The number of hydrogen-bond acceptors (Lipinski definition) is 4. The van der Waals surface area contributed by atoms with E-state index in [0.717, 1.165) is 25.3 Å². The molecule has 4 rings (SSSR count). The molecular formula is C20H23ClFN3O3. The van der Waals surface area contributed by atoms with E-state index < -0.39 is 17.2 Å². The quantitative estimate of drug-likeness (QED) is 0.794. The van der Waals surface area contributed by atoms with E-state index in [-0.39, 0.29) is 28.1 Å². The number of carboxylic acids is 1.